The van der Waals surface area contributed by atoms with Crippen LogP contribution >= 0.6 is 0 Å². The van der Waals surface area contributed by atoms with Gasteiger partial charge in [-0.1, -0.05) is 45.4 Å². The van der Waals surface area contributed by atoms with Gasteiger partial charge in [-0.2, -0.15) is 4.57 Å². The molecule has 283 valence electrons. The van der Waals surface area contributed by atoms with E-state index in [1.165, 1.54) is 6.07 Å². The van der Waals surface area contributed by atoms with E-state index in [1.54, 1.807) is 41.2 Å². The normalized spacial score (nSPS) is 37.5. The summed E-state index contributed by atoms with van der Waals surface area (Å²) in [5.41, 5.74) is 1.74. The molecule has 54 heavy (non-hydrogen) atoms. The second-order valence-electron chi connectivity index (χ2n) is 16.3. The number of carbonyl (C=O) groups is 2. The molecule has 3 aliphatic heterocycles. The largest absolute Gasteiger partial charge is 0.508 e. The first-order valence-corrected chi connectivity index (χ1v) is 18.8. The van der Waals surface area contributed by atoms with E-state index in [-0.39, 0.29) is 215 Å². The number of aromatic nitrogens is 1. The van der Waals surface area contributed by atoms with Crippen molar-refractivity contribution in [3.05, 3.63) is 77.5 Å². The molecule has 4 heterocycles. The number of aromatic hydroxyl groups is 2. The number of pyridine rings is 1. The van der Waals surface area contributed by atoms with E-state index in [2.05, 4.69) is 39.1 Å². The number of phenolic OH excluding ortho intramolecular Hbond substituents is 2. The van der Waals surface area contributed by atoms with Crippen LogP contribution in [0.25, 0.3) is 0 Å². The smallest absolute Gasteiger partial charge is 0.302 e. The van der Waals surface area contributed by atoms with Gasteiger partial charge < -0.3 is 35.2 Å². The second-order valence-corrected chi connectivity index (χ2v) is 16.3. The van der Waals surface area contributed by atoms with Gasteiger partial charge in [0.2, 0.25) is 0 Å². The van der Waals surface area contributed by atoms with Crippen molar-refractivity contribution in [2.45, 2.75) is 103 Å². The number of ether oxygens (including phenoxy) is 2. The van der Waals surface area contributed by atoms with Crippen molar-refractivity contribution >= 4 is 11.7 Å². The van der Waals surface area contributed by atoms with Crippen LogP contribution in [0.2, 0.25) is 0 Å². The first kappa shape index (κ1) is 47.3. The molecular formula is C41H53Ac3N2O8+. The van der Waals surface area contributed by atoms with E-state index in [9.17, 15) is 30.0 Å². The van der Waals surface area contributed by atoms with Gasteiger partial charge in [0.05, 0.1) is 18.3 Å². The number of Topliss-reactive ketones (excluding diaryl/α,β-unsaturated/α-hetero) is 1. The number of fused-ring (bicyclic) bond motifs is 1. The number of ketones is 1. The standard InChI is InChI=1S/C41H52N2O8.3Ac/c1-21-11-12-41(51-39(21)27-17-28(44)19-29(45)18-27)24(4)15-23(3)32(50-41)20-30-22(2)16-26-9-10-31(46)25(5)33(26)34(30)37(47)35-38(48)36(40(49)42-35)43-13-7-6-8-14-43;;;/h6-8,13-14,16-19,21,23-26,30-34,36,39,46H,9-12,15,20H2,1-5H3,(H3-,42,44,45,47,48,49);;;/p+1/t21?,23?,24?,25?,26?,30-,31?,32?,33?,34+,36?,39?,41?;;;/m1.../s1. The summed E-state index contributed by atoms with van der Waals surface area (Å²) in [6.07, 6.45) is 8.82. The molecule has 11 unspecified atom stereocenters. The third kappa shape index (κ3) is 9.17. The number of phenols is 2. The van der Waals surface area contributed by atoms with E-state index < -0.39 is 29.8 Å². The summed E-state index contributed by atoms with van der Waals surface area (Å²) in [6, 6.07) is 8.92. The molecule has 5 N–H and O–H groups in total. The predicted molar refractivity (Wildman–Crippen MR) is 188 cm³/mol. The van der Waals surface area contributed by atoms with Crippen molar-refractivity contribution in [3.63, 3.8) is 0 Å². The van der Waals surface area contributed by atoms with Gasteiger partial charge in [-0.15, -0.1) is 0 Å². The number of benzene rings is 1. The van der Waals surface area contributed by atoms with Gasteiger partial charge in [-0.25, -0.2) is 0 Å². The molecule has 1 saturated carbocycles. The van der Waals surface area contributed by atoms with E-state index in [0.717, 1.165) is 24.8 Å². The molecule has 1 amide bonds. The van der Waals surface area contributed by atoms with Gasteiger partial charge >= 0.3 is 5.91 Å². The summed E-state index contributed by atoms with van der Waals surface area (Å²) in [7, 11) is 0. The maximum absolute atomic E-state index is 14.9. The van der Waals surface area contributed by atoms with E-state index in [4.69, 9.17) is 9.47 Å². The predicted octanol–water partition coefficient (Wildman–Crippen LogP) is 5.95. The number of carbonyl (C=O) groups excluding carboxylic acids is 2. The van der Waals surface area contributed by atoms with Crippen molar-refractivity contribution in [1.29, 1.82) is 0 Å². The summed E-state index contributed by atoms with van der Waals surface area (Å²) >= 11 is 0. The number of aliphatic hydroxyl groups is 2. The molecule has 1 aromatic heterocycles. The third-order valence-corrected chi connectivity index (χ3v) is 13.0. The Hall–Kier alpha value is 0.595. The van der Waals surface area contributed by atoms with Gasteiger partial charge in [0.15, 0.2) is 29.7 Å². The van der Waals surface area contributed by atoms with Gasteiger partial charge in [-0.3, -0.25) is 9.59 Å². The molecule has 7 rings (SSSR count). The number of rotatable bonds is 6. The van der Waals surface area contributed by atoms with Crippen LogP contribution in [-0.4, -0.2) is 50.1 Å². The Labute approximate surface area is 426 Å². The number of allylic oxidation sites excluding steroid dienone is 3. The molecule has 13 heteroatoms. The Morgan fingerprint density at radius 1 is 0.926 bits per heavy atom. The van der Waals surface area contributed by atoms with Crippen LogP contribution in [0.4, 0.5) is 0 Å². The minimum Gasteiger partial charge on any atom is -0.508 e. The van der Waals surface area contributed by atoms with Crippen LogP contribution in [0, 0.1) is 180 Å². The van der Waals surface area contributed by atoms with Gasteiger partial charge in [0, 0.05) is 169 Å². The molecule has 2 aliphatic carbocycles. The fourth-order valence-corrected chi connectivity index (χ4v) is 10.2. The zero-order valence-electron chi connectivity index (χ0n) is 32.0. The number of nitrogens with one attached hydrogen (secondary N) is 1. The van der Waals surface area contributed by atoms with Crippen LogP contribution in [0.1, 0.15) is 90.9 Å². The molecule has 1 spiro atoms. The van der Waals surface area contributed by atoms with Crippen molar-refractivity contribution in [2.24, 2.45) is 47.3 Å². The molecule has 1 aromatic carbocycles. The number of nitrogens with zero attached hydrogens (tertiary/aromatic N) is 1. The fourth-order valence-electron chi connectivity index (χ4n) is 10.2. The molecule has 5 aliphatic rings. The first-order valence-electron chi connectivity index (χ1n) is 18.8. The Morgan fingerprint density at radius 3 is 2.26 bits per heavy atom. The molecule has 13 atom stereocenters. The van der Waals surface area contributed by atoms with Gasteiger partial charge in [0.1, 0.15) is 17.2 Å². The topological polar surface area (TPSA) is 149 Å². The minimum absolute atomic E-state index is 0. The van der Waals surface area contributed by atoms with Gasteiger partial charge in [0.25, 0.3) is 6.04 Å². The Balaban J connectivity index is 0.00000217. The summed E-state index contributed by atoms with van der Waals surface area (Å²) in [4.78, 5) is 28.2. The zero-order chi connectivity index (χ0) is 36.4. The molecule has 2 aromatic rings. The number of hydrogen-bond acceptors (Lipinski definition) is 8. The summed E-state index contributed by atoms with van der Waals surface area (Å²) in [5, 5.41) is 45.9. The third-order valence-electron chi connectivity index (χ3n) is 13.0. The first-order chi connectivity index (χ1) is 24.3. The number of hydrogen-bond donors (Lipinski definition) is 5. The SMILES string of the molecule is CC1=CC2CCC(O)C(C)C2[C@@H](C(=O)C2=C(O)C([n+]3ccccc3)C(=O)N2)[C@@H]1CC1OC2(CCC(C)C(c3cc(O)cc(O)c3)O2)C(C)CC1C.[Ac].[Ac].[Ac]. The average Bonchev–Trinajstić information content (AvgIpc) is 3.39. The monoisotopic (exact) mass is 1380 g/mol. The second kappa shape index (κ2) is 19.3. The fraction of sp³-hybridized carbons (Fsp3) is 0.585. The quantitative estimate of drug-likeness (QED) is 0.176. The Kier molecular flexibility index (Phi) is 16.9. The van der Waals surface area contributed by atoms with Crippen LogP contribution in [-0.2, 0) is 19.1 Å². The van der Waals surface area contributed by atoms with Gasteiger partial charge in [-0.05, 0) is 92.2 Å². The van der Waals surface area contributed by atoms with Crippen molar-refractivity contribution in [2.75, 3.05) is 0 Å². The maximum Gasteiger partial charge on any atom is 0.302 e. The molecule has 3 fully saturated rings. The van der Waals surface area contributed by atoms with E-state index in [1.807, 2.05) is 13.0 Å². The van der Waals surface area contributed by atoms with Crippen LogP contribution in [0.5, 0.6) is 11.5 Å². The van der Waals surface area contributed by atoms with E-state index in [0.29, 0.717) is 24.8 Å². The van der Waals surface area contributed by atoms with Crippen molar-refractivity contribution < 1.29 is 176 Å². The maximum atomic E-state index is 14.9. The van der Waals surface area contributed by atoms with Crippen molar-refractivity contribution in [3.8, 4) is 11.5 Å². The Bertz CT molecular complexity index is 1720. The molecule has 2 saturated heterocycles. The number of aliphatic hydroxyl groups excluding tert-OH is 2. The molecule has 3 radical (unpaired) electrons. The average molecular weight is 1380 g/mol. The zero-order valence-corrected chi connectivity index (χ0v) is 46.2. The van der Waals surface area contributed by atoms with Crippen LogP contribution < -0.4 is 9.88 Å². The summed E-state index contributed by atoms with van der Waals surface area (Å²) in [6.45, 7) is 10.6. The van der Waals surface area contributed by atoms with Crippen LogP contribution in [0.15, 0.2) is 71.9 Å². The van der Waals surface area contributed by atoms with E-state index >= 15 is 0 Å². The Morgan fingerprint density at radius 2 is 1.59 bits per heavy atom. The minimum atomic E-state index is -1.04. The molecular weight excluding hydrogens is 1330 g/mol. The van der Waals surface area contributed by atoms with Crippen LogP contribution in [0.3, 0.4) is 0 Å². The molecule has 10 nitrogen and oxygen atoms in total. The van der Waals surface area contributed by atoms with Crippen molar-refractivity contribution in [1.82, 2.24) is 5.32 Å². The summed E-state index contributed by atoms with van der Waals surface area (Å²) < 4.78 is 15.7. The molecule has 0 bridgehead atoms. The number of amides is 1. The summed E-state index contributed by atoms with van der Waals surface area (Å²) in [5.74, 6) is -2.72.